The predicted octanol–water partition coefficient (Wildman–Crippen LogP) is 2.52. The van der Waals surface area contributed by atoms with Gasteiger partial charge in [0.2, 0.25) is 0 Å². The molecule has 21 heavy (non-hydrogen) atoms. The van der Waals surface area contributed by atoms with Crippen molar-refractivity contribution >= 4 is 0 Å². The van der Waals surface area contributed by atoms with E-state index in [-0.39, 0.29) is 5.41 Å². The van der Waals surface area contributed by atoms with Gasteiger partial charge in [-0.3, -0.25) is 4.90 Å². The summed E-state index contributed by atoms with van der Waals surface area (Å²) in [5, 5.41) is 0. The largest absolute Gasteiger partial charge is 0.494 e. The number of hydrogen-bond acceptors (Lipinski definition) is 4. The molecule has 2 rings (SSSR count). The van der Waals surface area contributed by atoms with Crippen molar-refractivity contribution in [1.29, 1.82) is 0 Å². The van der Waals surface area contributed by atoms with E-state index in [2.05, 4.69) is 18.7 Å². The van der Waals surface area contributed by atoms with E-state index in [1.54, 1.807) is 0 Å². The number of nitrogens with two attached hydrogens (primary N) is 1. The molecule has 4 nitrogen and oxygen atoms in total. The fraction of sp³-hybridized carbons (Fsp3) is 0.647. The van der Waals surface area contributed by atoms with Crippen molar-refractivity contribution in [1.82, 2.24) is 4.90 Å². The van der Waals surface area contributed by atoms with Crippen LogP contribution in [0, 0.1) is 5.41 Å². The number of benzene rings is 1. The highest BCUT2D eigenvalue weighted by Gasteiger charge is 2.32. The molecule has 2 N–H and O–H groups in total. The summed E-state index contributed by atoms with van der Waals surface area (Å²) in [5.74, 6) is 1.78. The molecule has 0 amide bonds. The van der Waals surface area contributed by atoms with Gasteiger partial charge in [-0.1, -0.05) is 13.8 Å². The molecule has 1 unspecified atom stereocenters. The molecule has 1 atom stereocenters. The predicted molar refractivity (Wildman–Crippen MR) is 85.9 cm³/mol. The monoisotopic (exact) mass is 292 g/mol. The maximum atomic E-state index is 6.16. The Morgan fingerprint density at radius 3 is 2.38 bits per heavy atom. The zero-order chi connectivity index (χ0) is 15.3. The molecule has 1 aromatic rings. The van der Waals surface area contributed by atoms with E-state index in [4.69, 9.17) is 15.2 Å². The Kier molecular flexibility index (Phi) is 5.48. The second kappa shape index (κ2) is 7.14. The van der Waals surface area contributed by atoms with E-state index in [0.717, 1.165) is 37.6 Å². The molecule has 1 heterocycles. The number of ether oxygens (including phenoxy) is 2. The number of nitrogens with zero attached hydrogens (tertiary/aromatic N) is 1. The first kappa shape index (κ1) is 16.1. The lowest BCUT2D eigenvalue weighted by molar-refractivity contribution is 0.0831. The molecule has 4 heteroatoms. The second-order valence-corrected chi connectivity index (χ2v) is 6.41. The molecule has 1 aliphatic rings. The van der Waals surface area contributed by atoms with Gasteiger partial charge in [-0.2, -0.15) is 0 Å². The maximum Gasteiger partial charge on any atom is 0.119 e. The normalized spacial score (nSPS) is 22.0. The first-order valence-corrected chi connectivity index (χ1v) is 7.85. The second-order valence-electron chi connectivity index (χ2n) is 6.41. The van der Waals surface area contributed by atoms with Crippen molar-refractivity contribution in [3.05, 3.63) is 24.3 Å². The number of rotatable bonds is 6. The first-order chi connectivity index (χ1) is 10.0. The summed E-state index contributed by atoms with van der Waals surface area (Å²) >= 11 is 0. The van der Waals surface area contributed by atoms with Gasteiger partial charge in [0.1, 0.15) is 18.1 Å². The van der Waals surface area contributed by atoms with Crippen molar-refractivity contribution in [2.45, 2.75) is 33.2 Å². The fourth-order valence-corrected chi connectivity index (χ4v) is 2.77. The lowest BCUT2D eigenvalue weighted by Crippen LogP contribution is -2.53. The van der Waals surface area contributed by atoms with Crippen LogP contribution in [0.1, 0.15) is 27.2 Å². The highest BCUT2D eigenvalue weighted by atomic mass is 16.5. The Bertz CT molecular complexity index is 431. The Morgan fingerprint density at radius 1 is 1.19 bits per heavy atom. The van der Waals surface area contributed by atoms with Gasteiger partial charge < -0.3 is 15.2 Å². The van der Waals surface area contributed by atoms with Gasteiger partial charge >= 0.3 is 0 Å². The summed E-state index contributed by atoms with van der Waals surface area (Å²) in [4.78, 5) is 2.44. The summed E-state index contributed by atoms with van der Waals surface area (Å²) in [6.07, 6.45) is 1.07. The molecule has 1 aromatic carbocycles. The van der Waals surface area contributed by atoms with Crippen molar-refractivity contribution in [3.63, 3.8) is 0 Å². The molecule has 1 saturated heterocycles. The van der Waals surface area contributed by atoms with Gasteiger partial charge in [0.05, 0.1) is 6.61 Å². The minimum Gasteiger partial charge on any atom is -0.494 e. The Morgan fingerprint density at radius 2 is 1.81 bits per heavy atom. The molecule has 0 aliphatic carbocycles. The quantitative estimate of drug-likeness (QED) is 0.875. The number of piperidine rings is 1. The summed E-state index contributed by atoms with van der Waals surface area (Å²) < 4.78 is 11.2. The van der Waals surface area contributed by atoms with Gasteiger partial charge in [-0.25, -0.2) is 0 Å². The van der Waals surface area contributed by atoms with Crippen LogP contribution in [0.5, 0.6) is 11.5 Å². The zero-order valence-corrected chi connectivity index (χ0v) is 13.5. The molecule has 0 radical (unpaired) electrons. The van der Waals surface area contributed by atoms with Gasteiger partial charge in [-0.05, 0) is 49.6 Å². The smallest absolute Gasteiger partial charge is 0.119 e. The number of likely N-dealkylation sites (tertiary alicyclic amines) is 1. The average molecular weight is 292 g/mol. The number of hydrogen-bond donors (Lipinski definition) is 1. The highest BCUT2D eigenvalue weighted by Crippen LogP contribution is 2.27. The van der Waals surface area contributed by atoms with Crippen LogP contribution in [0.25, 0.3) is 0 Å². The summed E-state index contributed by atoms with van der Waals surface area (Å²) in [5.41, 5.74) is 6.36. The lowest BCUT2D eigenvalue weighted by atomic mass is 9.80. The maximum absolute atomic E-state index is 6.16. The van der Waals surface area contributed by atoms with Crippen molar-refractivity contribution < 1.29 is 9.47 Å². The minimum absolute atomic E-state index is 0.192. The van der Waals surface area contributed by atoms with Gasteiger partial charge in [-0.15, -0.1) is 0 Å². The van der Waals surface area contributed by atoms with Crippen LogP contribution in [-0.2, 0) is 0 Å². The molecule has 1 fully saturated rings. The Hall–Kier alpha value is -1.26. The average Bonchev–Trinajstić information content (AvgIpc) is 2.45. The lowest BCUT2D eigenvalue weighted by Gasteiger charge is -2.42. The van der Waals surface area contributed by atoms with Crippen LogP contribution in [0.15, 0.2) is 24.3 Å². The van der Waals surface area contributed by atoms with Crippen molar-refractivity contribution in [3.8, 4) is 11.5 Å². The van der Waals surface area contributed by atoms with Crippen LogP contribution in [-0.4, -0.2) is 43.8 Å². The third-order valence-electron chi connectivity index (χ3n) is 4.20. The summed E-state index contributed by atoms with van der Waals surface area (Å²) in [7, 11) is 0. The summed E-state index contributed by atoms with van der Waals surface area (Å²) in [6, 6.07) is 8.12. The molecular weight excluding hydrogens is 264 g/mol. The molecule has 0 saturated carbocycles. The van der Waals surface area contributed by atoms with Crippen LogP contribution in [0.3, 0.4) is 0 Å². The zero-order valence-electron chi connectivity index (χ0n) is 13.5. The minimum atomic E-state index is 0.192. The van der Waals surface area contributed by atoms with E-state index >= 15 is 0 Å². The van der Waals surface area contributed by atoms with Gasteiger partial charge in [0.25, 0.3) is 0 Å². The third-order valence-corrected chi connectivity index (χ3v) is 4.20. The molecule has 1 aliphatic heterocycles. The van der Waals surface area contributed by atoms with Crippen LogP contribution < -0.4 is 15.2 Å². The van der Waals surface area contributed by atoms with E-state index < -0.39 is 0 Å². The SMILES string of the molecule is CCOc1ccc(OCCN2CCC(N)C(C)(C)C2)cc1. The fourth-order valence-electron chi connectivity index (χ4n) is 2.77. The van der Waals surface area contributed by atoms with Crippen LogP contribution >= 0.6 is 0 Å². The van der Waals surface area contributed by atoms with Gasteiger partial charge in [0, 0.05) is 19.1 Å². The molecule has 0 spiro atoms. The van der Waals surface area contributed by atoms with Crippen LogP contribution in [0.2, 0.25) is 0 Å². The Labute approximate surface area is 128 Å². The van der Waals surface area contributed by atoms with Gasteiger partial charge in [0.15, 0.2) is 0 Å². The van der Waals surface area contributed by atoms with E-state index in [1.165, 1.54) is 0 Å². The van der Waals surface area contributed by atoms with E-state index in [9.17, 15) is 0 Å². The van der Waals surface area contributed by atoms with Crippen LogP contribution in [0.4, 0.5) is 0 Å². The van der Waals surface area contributed by atoms with Crippen molar-refractivity contribution in [2.75, 3.05) is 32.8 Å². The molecule has 0 bridgehead atoms. The molecule has 0 aromatic heterocycles. The molecule has 118 valence electrons. The highest BCUT2D eigenvalue weighted by molar-refractivity contribution is 5.31. The standard InChI is InChI=1S/C17H28N2O2/c1-4-20-14-5-7-15(8-6-14)21-12-11-19-10-9-16(18)17(2,3)13-19/h5-8,16H,4,9-13,18H2,1-3H3. The van der Waals surface area contributed by atoms with E-state index in [0.29, 0.717) is 19.3 Å². The third kappa shape index (κ3) is 4.61. The topological polar surface area (TPSA) is 47.7 Å². The molecular formula is C17H28N2O2. The Balaban J connectivity index is 1.74. The first-order valence-electron chi connectivity index (χ1n) is 7.85. The van der Waals surface area contributed by atoms with Crippen molar-refractivity contribution in [2.24, 2.45) is 11.1 Å². The van der Waals surface area contributed by atoms with E-state index in [1.807, 2.05) is 31.2 Å². The summed E-state index contributed by atoms with van der Waals surface area (Å²) in [6.45, 7) is 10.9.